The highest BCUT2D eigenvalue weighted by Crippen LogP contribution is 2.70. The highest BCUT2D eigenvalue weighted by atomic mass is 16.6. The Hall–Kier alpha value is -1.75. The van der Waals surface area contributed by atoms with Crippen molar-refractivity contribution in [2.45, 2.75) is 172 Å². The predicted octanol–water partition coefficient (Wildman–Crippen LogP) is 5.33. The lowest BCUT2D eigenvalue weighted by atomic mass is 9.44. The minimum atomic E-state index is -1.44. The topological polar surface area (TPSA) is 169 Å². The molecule has 12 unspecified atom stereocenters. The van der Waals surface area contributed by atoms with Gasteiger partial charge in [-0.3, -0.25) is 4.79 Å². The van der Waals surface area contributed by atoms with E-state index in [-0.39, 0.29) is 35.6 Å². The molecule has 4 fully saturated rings. The van der Waals surface area contributed by atoms with Gasteiger partial charge in [-0.25, -0.2) is 0 Å². The Morgan fingerprint density at radius 2 is 1.75 bits per heavy atom. The lowest BCUT2D eigenvalue weighted by Gasteiger charge is -2.61. The number of allylic oxidation sites excluding steroid dienone is 3. The summed E-state index contributed by atoms with van der Waals surface area (Å²) in [4.78, 5) is 14.1. The number of aliphatic hydroxyl groups excluding tert-OH is 2. The zero-order valence-electron chi connectivity index (χ0n) is 32.1. The molecular weight excluding hydrogens is 644 g/mol. The Labute approximate surface area is 306 Å². The van der Waals surface area contributed by atoms with Gasteiger partial charge in [-0.1, -0.05) is 65.9 Å². The maximum absolute atomic E-state index is 14.1. The summed E-state index contributed by atoms with van der Waals surface area (Å²) in [6.07, 6.45) is 16.3. The summed E-state index contributed by atoms with van der Waals surface area (Å²) in [5.41, 5.74) is 2.09. The van der Waals surface area contributed by atoms with Crippen LogP contribution in [-0.2, 0) is 9.53 Å². The van der Waals surface area contributed by atoms with E-state index in [1.54, 1.807) is 13.0 Å². The number of epoxide rings is 1. The number of nitrogens with one attached hydrogen (secondary N) is 1. The van der Waals surface area contributed by atoms with E-state index in [2.05, 4.69) is 25.2 Å². The Morgan fingerprint density at radius 1 is 0.980 bits per heavy atom. The highest BCUT2D eigenvalue weighted by molar-refractivity contribution is 5.95. The van der Waals surface area contributed by atoms with Gasteiger partial charge >= 0.3 is 0 Å². The third-order valence-corrected chi connectivity index (χ3v) is 15.6. The van der Waals surface area contributed by atoms with Gasteiger partial charge in [0, 0.05) is 23.3 Å². The largest absolute Gasteiger partial charge is 0.396 e. The molecule has 8 N–H and O–H groups in total. The van der Waals surface area contributed by atoms with Crippen LogP contribution in [0, 0.1) is 34.0 Å². The summed E-state index contributed by atoms with van der Waals surface area (Å²) in [6, 6.07) is 0. The van der Waals surface area contributed by atoms with Gasteiger partial charge in [0.05, 0.1) is 35.3 Å². The smallest absolute Gasteiger partial charge is 0.159 e. The Balaban J connectivity index is 1.27. The van der Waals surface area contributed by atoms with Crippen LogP contribution in [0.15, 0.2) is 35.2 Å². The van der Waals surface area contributed by atoms with Crippen molar-refractivity contribution in [1.82, 2.24) is 5.32 Å². The van der Waals surface area contributed by atoms with Crippen LogP contribution in [0.25, 0.3) is 0 Å². The second-order valence-electron chi connectivity index (χ2n) is 18.3. The van der Waals surface area contributed by atoms with Gasteiger partial charge in [-0.2, -0.15) is 0 Å². The van der Waals surface area contributed by atoms with Crippen LogP contribution in [0.1, 0.15) is 137 Å². The normalized spacial score (nSPS) is 41.0. The molecule has 0 radical (unpaired) electrons. The Morgan fingerprint density at radius 3 is 2.43 bits per heavy atom. The molecule has 12 atom stereocenters. The number of nitrogens with two attached hydrogens (primary N) is 1. The highest BCUT2D eigenvalue weighted by Gasteiger charge is 2.74. The zero-order valence-corrected chi connectivity index (χ0v) is 32.1. The van der Waals surface area contributed by atoms with Crippen molar-refractivity contribution in [3.05, 3.63) is 35.2 Å². The van der Waals surface area contributed by atoms with Gasteiger partial charge in [-0.05, 0) is 118 Å². The summed E-state index contributed by atoms with van der Waals surface area (Å²) < 4.78 is 6.37. The second-order valence-corrected chi connectivity index (χ2v) is 18.3. The fourth-order valence-electron chi connectivity index (χ4n) is 12.1. The fraction of sp³-hybridized carbons (Fsp3) is 0.833. The number of aliphatic hydroxyl groups is 5. The number of ketones is 1. The van der Waals surface area contributed by atoms with E-state index in [1.165, 1.54) is 6.42 Å². The molecule has 2 heterocycles. The number of ether oxygens (including phenoxy) is 1. The molecule has 1 saturated heterocycles. The first kappa shape index (κ1) is 39.0. The van der Waals surface area contributed by atoms with Crippen molar-refractivity contribution in [3.8, 4) is 0 Å². The molecule has 6 rings (SSSR count). The molecule has 0 bridgehead atoms. The number of dihydropyridines is 1. The van der Waals surface area contributed by atoms with Crippen LogP contribution >= 0.6 is 0 Å². The van der Waals surface area contributed by atoms with E-state index >= 15 is 0 Å². The number of carbonyl (C=O) groups excluding carboxylic acids is 1. The molecule has 0 aromatic carbocycles. The lowest BCUT2D eigenvalue weighted by Crippen LogP contribution is -2.62. The van der Waals surface area contributed by atoms with Crippen LogP contribution in [0.2, 0.25) is 0 Å². The predicted molar refractivity (Wildman–Crippen MR) is 198 cm³/mol. The Kier molecular flexibility index (Phi) is 10.8. The number of carbonyl (C=O) groups is 1. The van der Waals surface area contributed by atoms with Gasteiger partial charge in [0.25, 0.3) is 0 Å². The van der Waals surface area contributed by atoms with Crippen LogP contribution in [0.5, 0.6) is 0 Å². The molecule has 9 heteroatoms. The summed E-state index contributed by atoms with van der Waals surface area (Å²) in [6.45, 7) is 10.4. The molecule has 0 aromatic heterocycles. The standard InChI is InChI=1S/C42H68N2O7/c1-6-8-9-10-17-40-20-12-28(46)24-31(40)32(47)25-30-29(40)13-19-38(4)33(14-21-42(30,38)50)41(49,16-7-2)36-35(51-36)39(5,48)37(3,26-45)18-11-27-15-22-44-34(43)23-27/h15,23,25,28-29,31,33,35-36,44-46,48-50H,6-14,16-22,24,26,43H2,1-5H3. The van der Waals surface area contributed by atoms with Crippen molar-refractivity contribution < 1.29 is 35.1 Å². The van der Waals surface area contributed by atoms with Crippen LogP contribution in [0.4, 0.5) is 0 Å². The van der Waals surface area contributed by atoms with E-state index in [0.29, 0.717) is 63.7 Å². The molecule has 0 aromatic rings. The minimum absolute atomic E-state index is 0.0591. The van der Waals surface area contributed by atoms with Crippen LogP contribution in [-0.4, -0.2) is 79.6 Å². The summed E-state index contributed by atoms with van der Waals surface area (Å²) in [5, 5.41) is 62.7. The SMILES string of the molecule is CCCCCCC12CCC(O)CC1C(=O)C=C1C2CCC2(C)C(C(O)(CCC)C3OC3C(C)(O)C(C)(CO)CCC3=CCNC(N)=C3)CCC12O. The summed E-state index contributed by atoms with van der Waals surface area (Å²) in [5.74, 6) is 0.233. The van der Waals surface area contributed by atoms with Crippen LogP contribution < -0.4 is 11.1 Å². The molecule has 0 amide bonds. The average molecular weight is 713 g/mol. The van der Waals surface area contributed by atoms with Gasteiger partial charge in [-0.15, -0.1) is 0 Å². The fourth-order valence-corrected chi connectivity index (χ4v) is 12.1. The van der Waals surface area contributed by atoms with Crippen molar-refractivity contribution in [1.29, 1.82) is 0 Å². The quantitative estimate of drug-likeness (QED) is 0.0877. The van der Waals surface area contributed by atoms with E-state index in [9.17, 15) is 30.3 Å². The number of hydrogen-bond donors (Lipinski definition) is 7. The Bertz CT molecular complexity index is 1410. The van der Waals surface area contributed by atoms with Gasteiger partial charge in [0.1, 0.15) is 12.2 Å². The first-order valence-electron chi connectivity index (χ1n) is 20.3. The molecule has 288 valence electrons. The summed E-state index contributed by atoms with van der Waals surface area (Å²) in [7, 11) is 0. The first-order valence-corrected chi connectivity index (χ1v) is 20.3. The van der Waals surface area contributed by atoms with E-state index in [0.717, 1.165) is 56.1 Å². The molecule has 3 saturated carbocycles. The van der Waals surface area contributed by atoms with E-state index < -0.39 is 45.9 Å². The molecule has 51 heavy (non-hydrogen) atoms. The monoisotopic (exact) mass is 713 g/mol. The van der Waals surface area contributed by atoms with E-state index in [1.807, 2.05) is 19.9 Å². The molecular formula is C42H68N2O7. The van der Waals surface area contributed by atoms with Gasteiger partial charge < -0.3 is 41.3 Å². The second kappa shape index (κ2) is 14.2. The lowest BCUT2D eigenvalue weighted by molar-refractivity contribution is -0.160. The molecule has 0 spiro atoms. The molecule has 2 aliphatic heterocycles. The van der Waals surface area contributed by atoms with Crippen molar-refractivity contribution in [2.24, 2.45) is 39.7 Å². The van der Waals surface area contributed by atoms with Gasteiger partial charge in [0.15, 0.2) is 5.78 Å². The molecule has 6 aliphatic rings. The van der Waals surface area contributed by atoms with Crippen molar-refractivity contribution >= 4 is 5.78 Å². The average Bonchev–Trinajstić information content (AvgIpc) is 3.86. The minimum Gasteiger partial charge on any atom is -0.396 e. The van der Waals surface area contributed by atoms with E-state index in [4.69, 9.17) is 10.5 Å². The van der Waals surface area contributed by atoms with Crippen molar-refractivity contribution in [2.75, 3.05) is 13.2 Å². The van der Waals surface area contributed by atoms with Crippen molar-refractivity contribution in [3.63, 3.8) is 0 Å². The molecule has 4 aliphatic carbocycles. The third kappa shape index (κ3) is 6.27. The van der Waals surface area contributed by atoms with Gasteiger partial charge in [0.2, 0.25) is 0 Å². The van der Waals surface area contributed by atoms with Crippen LogP contribution in [0.3, 0.4) is 0 Å². The number of hydrogen-bond acceptors (Lipinski definition) is 9. The third-order valence-electron chi connectivity index (χ3n) is 15.6. The number of fused-ring (bicyclic) bond motifs is 5. The number of unbranched alkanes of at least 4 members (excludes halogenated alkanes) is 3. The zero-order chi connectivity index (χ0) is 37.0. The first-order chi connectivity index (χ1) is 24.1. The summed E-state index contributed by atoms with van der Waals surface area (Å²) >= 11 is 0. The number of rotatable bonds is 15. The molecule has 9 nitrogen and oxygen atoms in total. The maximum Gasteiger partial charge on any atom is 0.159 e. The maximum atomic E-state index is 14.1.